The molecule has 0 aliphatic carbocycles. The van der Waals surface area contributed by atoms with Crippen molar-refractivity contribution in [3.8, 4) is 11.1 Å². The van der Waals surface area contributed by atoms with E-state index < -0.39 is 17.5 Å². The summed E-state index contributed by atoms with van der Waals surface area (Å²) in [4.78, 5) is 23.7. The number of nitrogens with one attached hydrogen (secondary N) is 1. The van der Waals surface area contributed by atoms with Crippen molar-refractivity contribution in [1.82, 2.24) is 19.7 Å². The molecule has 3 aromatic heterocycles. The van der Waals surface area contributed by atoms with E-state index in [2.05, 4.69) is 20.1 Å². The number of fused-ring (bicyclic) bond motifs is 1. The number of benzene rings is 1. The lowest BCUT2D eigenvalue weighted by Crippen LogP contribution is -2.18. The largest absolute Gasteiger partial charge is 0.387 e. The maximum absolute atomic E-state index is 13.8. The molecule has 0 bridgehead atoms. The number of H-pyrrole nitrogens is 1. The number of nitrogens with two attached hydrogens (primary N) is 1. The van der Waals surface area contributed by atoms with Gasteiger partial charge in [-0.3, -0.25) is 9.48 Å². The molecule has 0 spiro atoms. The number of aromatic nitrogens is 4. The first kappa shape index (κ1) is 18.5. The smallest absolute Gasteiger partial charge is 0.280 e. The van der Waals surface area contributed by atoms with Crippen LogP contribution in [0.3, 0.4) is 0 Å². The van der Waals surface area contributed by atoms with Crippen LogP contribution in [0.15, 0.2) is 54.0 Å². The van der Waals surface area contributed by atoms with Crippen molar-refractivity contribution in [3.05, 3.63) is 71.8 Å². The summed E-state index contributed by atoms with van der Waals surface area (Å²) in [6.07, 6.45) is 6.51. The fourth-order valence-corrected chi connectivity index (χ4v) is 3.02. The summed E-state index contributed by atoms with van der Waals surface area (Å²) in [5.74, 6) is -2.70. The van der Waals surface area contributed by atoms with E-state index in [1.54, 1.807) is 30.2 Å². The zero-order chi connectivity index (χ0) is 20.5. The van der Waals surface area contributed by atoms with Gasteiger partial charge in [-0.25, -0.2) is 13.8 Å². The standard InChI is InChI=1S/C20H16F2N6O/c1-28-10-13(8-26-28)12-5-14-15(9-25-19(14)24-7-12)20(29)27-17(23)6-11-3-2-4-16(21)18(11)22/h2-5,7-10H,6H2,1H3,(H,24,25)(H2,23,27,29). The zero-order valence-corrected chi connectivity index (χ0v) is 15.4. The van der Waals surface area contributed by atoms with E-state index >= 15 is 0 Å². The van der Waals surface area contributed by atoms with E-state index in [0.717, 1.165) is 17.2 Å². The monoisotopic (exact) mass is 394 g/mol. The van der Waals surface area contributed by atoms with Crippen LogP contribution in [0.25, 0.3) is 22.2 Å². The Kier molecular flexibility index (Phi) is 4.63. The molecule has 0 unspecified atom stereocenters. The van der Waals surface area contributed by atoms with Gasteiger partial charge in [0.1, 0.15) is 11.5 Å². The fourth-order valence-electron chi connectivity index (χ4n) is 3.02. The average molecular weight is 394 g/mol. The Morgan fingerprint density at radius 3 is 2.86 bits per heavy atom. The molecule has 4 aromatic rings. The maximum atomic E-state index is 13.8. The molecule has 3 N–H and O–H groups in total. The van der Waals surface area contributed by atoms with Crippen LogP contribution in [-0.2, 0) is 13.5 Å². The molecule has 9 heteroatoms. The second-order valence-corrected chi connectivity index (χ2v) is 6.52. The summed E-state index contributed by atoms with van der Waals surface area (Å²) in [6.45, 7) is 0. The number of halogens is 2. The minimum absolute atomic E-state index is 0.0264. The van der Waals surface area contributed by atoms with Crippen molar-refractivity contribution in [2.24, 2.45) is 17.8 Å². The highest BCUT2D eigenvalue weighted by molar-refractivity contribution is 6.11. The van der Waals surface area contributed by atoms with Crippen LogP contribution in [0.1, 0.15) is 15.9 Å². The lowest BCUT2D eigenvalue weighted by atomic mass is 10.1. The third kappa shape index (κ3) is 3.62. The molecule has 1 amide bonds. The Bertz CT molecular complexity index is 1260. The second-order valence-electron chi connectivity index (χ2n) is 6.52. The fraction of sp³-hybridized carbons (Fsp3) is 0.100. The van der Waals surface area contributed by atoms with Crippen LogP contribution >= 0.6 is 0 Å². The van der Waals surface area contributed by atoms with Gasteiger partial charge in [0, 0.05) is 48.6 Å². The Balaban J connectivity index is 1.64. The predicted molar refractivity (Wildman–Crippen MR) is 104 cm³/mol. The normalized spacial score (nSPS) is 11.9. The average Bonchev–Trinajstić information content (AvgIpc) is 3.31. The lowest BCUT2D eigenvalue weighted by Gasteiger charge is -2.03. The van der Waals surface area contributed by atoms with Gasteiger partial charge in [-0.1, -0.05) is 12.1 Å². The van der Waals surface area contributed by atoms with Gasteiger partial charge in [0.15, 0.2) is 11.6 Å². The number of rotatable bonds is 4. The summed E-state index contributed by atoms with van der Waals surface area (Å²) < 4.78 is 28.8. The lowest BCUT2D eigenvalue weighted by molar-refractivity contribution is 0.100. The Hall–Kier alpha value is -3.88. The first-order valence-electron chi connectivity index (χ1n) is 8.69. The quantitative estimate of drug-likeness (QED) is 0.410. The Morgan fingerprint density at radius 1 is 1.28 bits per heavy atom. The van der Waals surface area contributed by atoms with Gasteiger partial charge in [-0.15, -0.1) is 0 Å². The van der Waals surface area contributed by atoms with Gasteiger partial charge in [0.2, 0.25) is 0 Å². The summed E-state index contributed by atoms with van der Waals surface area (Å²) in [7, 11) is 1.81. The van der Waals surface area contributed by atoms with Crippen molar-refractivity contribution in [2.75, 3.05) is 0 Å². The first-order chi connectivity index (χ1) is 13.9. The number of hydrogen-bond acceptors (Lipinski definition) is 3. The third-order valence-corrected chi connectivity index (χ3v) is 4.45. The molecule has 0 radical (unpaired) electrons. The van der Waals surface area contributed by atoms with E-state index in [0.29, 0.717) is 11.0 Å². The van der Waals surface area contributed by atoms with Crippen LogP contribution in [-0.4, -0.2) is 31.5 Å². The van der Waals surface area contributed by atoms with Crippen molar-refractivity contribution in [3.63, 3.8) is 0 Å². The van der Waals surface area contributed by atoms with E-state index in [-0.39, 0.29) is 23.4 Å². The predicted octanol–water partition coefficient (Wildman–Crippen LogP) is 2.98. The zero-order valence-electron chi connectivity index (χ0n) is 15.4. The summed E-state index contributed by atoms with van der Waals surface area (Å²) in [5.41, 5.74) is 8.27. The van der Waals surface area contributed by atoms with Crippen LogP contribution in [0.4, 0.5) is 8.78 Å². The Labute approximate surface area is 163 Å². The minimum atomic E-state index is -1.00. The van der Waals surface area contributed by atoms with E-state index in [1.165, 1.54) is 18.3 Å². The van der Waals surface area contributed by atoms with Gasteiger partial charge < -0.3 is 10.7 Å². The number of carbonyl (C=O) groups is 1. The molecule has 0 saturated heterocycles. The molecular formula is C20H16F2N6O. The number of aromatic amines is 1. The number of hydrogen-bond donors (Lipinski definition) is 2. The number of carbonyl (C=O) groups excluding carboxylic acids is 1. The molecule has 146 valence electrons. The molecule has 29 heavy (non-hydrogen) atoms. The molecule has 4 rings (SSSR count). The molecule has 0 aliphatic heterocycles. The van der Waals surface area contributed by atoms with Crippen LogP contribution in [0.5, 0.6) is 0 Å². The van der Waals surface area contributed by atoms with Crippen LogP contribution < -0.4 is 5.73 Å². The van der Waals surface area contributed by atoms with Crippen molar-refractivity contribution >= 4 is 22.8 Å². The molecule has 0 fully saturated rings. The highest BCUT2D eigenvalue weighted by Gasteiger charge is 2.15. The van der Waals surface area contributed by atoms with Crippen molar-refractivity contribution in [2.45, 2.75) is 6.42 Å². The topological polar surface area (TPSA) is 102 Å². The molecule has 3 heterocycles. The van der Waals surface area contributed by atoms with Crippen LogP contribution in [0.2, 0.25) is 0 Å². The first-order valence-corrected chi connectivity index (χ1v) is 8.69. The number of aliphatic imine (C=N–C) groups is 1. The SMILES string of the molecule is Cn1cc(-c2cnc3[nH]cc(C(=O)N=C(N)Cc4cccc(F)c4F)c3c2)cn1. The van der Waals surface area contributed by atoms with Gasteiger partial charge in [0.25, 0.3) is 5.91 Å². The highest BCUT2D eigenvalue weighted by Crippen LogP contribution is 2.25. The molecular weight excluding hydrogens is 378 g/mol. The molecule has 1 aromatic carbocycles. The molecule has 0 atom stereocenters. The van der Waals surface area contributed by atoms with Gasteiger partial charge in [0.05, 0.1) is 11.8 Å². The Morgan fingerprint density at radius 2 is 2.10 bits per heavy atom. The number of nitrogens with zero attached hydrogens (tertiary/aromatic N) is 4. The van der Waals surface area contributed by atoms with Crippen molar-refractivity contribution < 1.29 is 13.6 Å². The summed E-state index contributed by atoms with van der Waals surface area (Å²) >= 11 is 0. The number of amides is 1. The second kappa shape index (κ2) is 7.27. The molecule has 0 aliphatic rings. The maximum Gasteiger partial charge on any atom is 0.280 e. The van der Waals surface area contributed by atoms with Gasteiger partial charge in [-0.05, 0) is 17.7 Å². The van der Waals surface area contributed by atoms with E-state index in [1.807, 2.05) is 6.20 Å². The summed E-state index contributed by atoms with van der Waals surface area (Å²) in [6, 6.07) is 5.58. The van der Waals surface area contributed by atoms with Crippen LogP contribution in [0, 0.1) is 11.6 Å². The van der Waals surface area contributed by atoms with Gasteiger partial charge in [-0.2, -0.15) is 10.1 Å². The van der Waals surface area contributed by atoms with E-state index in [4.69, 9.17) is 5.73 Å². The van der Waals surface area contributed by atoms with Crippen molar-refractivity contribution in [1.29, 1.82) is 0 Å². The molecule has 0 saturated carbocycles. The summed E-state index contributed by atoms with van der Waals surface area (Å²) in [5, 5.41) is 4.70. The molecule has 7 nitrogen and oxygen atoms in total. The number of aryl methyl sites for hydroxylation is 1. The van der Waals surface area contributed by atoms with Gasteiger partial charge >= 0.3 is 0 Å². The number of amidine groups is 1. The third-order valence-electron chi connectivity index (χ3n) is 4.45. The minimum Gasteiger partial charge on any atom is -0.387 e. The highest BCUT2D eigenvalue weighted by atomic mass is 19.2. The van der Waals surface area contributed by atoms with E-state index in [9.17, 15) is 13.6 Å². The number of pyridine rings is 1.